The number of carbonyl (C=O) groups excluding carboxylic acids is 1. The van der Waals surface area contributed by atoms with Gasteiger partial charge in [-0.1, -0.05) is 30.3 Å². The zero-order chi connectivity index (χ0) is 13.0. The van der Waals surface area contributed by atoms with Crippen LogP contribution >= 0.6 is 15.9 Å². The van der Waals surface area contributed by atoms with Gasteiger partial charge < -0.3 is 5.32 Å². The average molecular weight is 307 g/mol. The number of aromatic nitrogens is 1. The number of pyridine rings is 1. The van der Waals surface area contributed by atoms with E-state index in [9.17, 15) is 4.79 Å². The SMILES string of the molecule is NNC(=O)Nc1ccnc(-c2ccccc2)c1Br. The molecule has 0 fully saturated rings. The maximum absolute atomic E-state index is 11.2. The summed E-state index contributed by atoms with van der Waals surface area (Å²) in [4.78, 5) is 15.5. The molecule has 0 spiro atoms. The van der Waals surface area contributed by atoms with Gasteiger partial charge in [-0.25, -0.2) is 10.6 Å². The third-order valence-corrected chi connectivity index (χ3v) is 3.12. The number of benzene rings is 1. The van der Waals surface area contributed by atoms with Crippen molar-refractivity contribution in [3.05, 3.63) is 47.1 Å². The molecule has 0 aliphatic carbocycles. The molecule has 0 aliphatic heterocycles. The second-order valence-electron chi connectivity index (χ2n) is 3.49. The summed E-state index contributed by atoms with van der Waals surface area (Å²) in [5.74, 6) is 5.03. The molecule has 0 atom stereocenters. The number of rotatable bonds is 2. The van der Waals surface area contributed by atoms with Gasteiger partial charge in [0.05, 0.1) is 15.9 Å². The van der Waals surface area contributed by atoms with Crippen LogP contribution in [0.4, 0.5) is 10.5 Å². The molecule has 5 nitrogen and oxygen atoms in total. The predicted molar refractivity (Wildman–Crippen MR) is 73.7 cm³/mol. The molecule has 2 aromatic rings. The van der Waals surface area contributed by atoms with E-state index in [0.717, 1.165) is 11.3 Å². The smallest absolute Gasteiger partial charge is 0.306 e. The highest BCUT2D eigenvalue weighted by Crippen LogP contribution is 2.31. The Balaban J connectivity index is 2.39. The van der Waals surface area contributed by atoms with Crippen LogP contribution in [-0.4, -0.2) is 11.0 Å². The Bertz CT molecular complexity index is 559. The summed E-state index contributed by atoms with van der Waals surface area (Å²) in [5.41, 5.74) is 4.33. The topological polar surface area (TPSA) is 80.0 Å². The standard InChI is InChI=1S/C12H11BrN4O/c13-10-9(16-12(18)17-14)6-7-15-11(10)8-4-2-1-3-5-8/h1-7H,14H2,(H2,15,16,17,18). The van der Waals surface area contributed by atoms with Gasteiger partial charge in [0.25, 0.3) is 0 Å². The summed E-state index contributed by atoms with van der Waals surface area (Å²) in [7, 11) is 0. The lowest BCUT2D eigenvalue weighted by molar-refractivity contribution is 0.252. The fourth-order valence-electron chi connectivity index (χ4n) is 1.50. The van der Waals surface area contributed by atoms with Crippen LogP contribution in [0.3, 0.4) is 0 Å². The zero-order valence-corrected chi connectivity index (χ0v) is 10.9. The molecule has 1 aromatic carbocycles. The van der Waals surface area contributed by atoms with E-state index in [2.05, 4.69) is 26.2 Å². The van der Waals surface area contributed by atoms with Crippen LogP contribution in [0.5, 0.6) is 0 Å². The first kappa shape index (κ1) is 12.5. The highest BCUT2D eigenvalue weighted by molar-refractivity contribution is 9.10. The number of nitrogens with zero attached hydrogens (tertiary/aromatic N) is 1. The molecular weight excluding hydrogens is 296 g/mol. The maximum Gasteiger partial charge on any atom is 0.333 e. The van der Waals surface area contributed by atoms with E-state index in [1.54, 1.807) is 12.3 Å². The van der Waals surface area contributed by atoms with Gasteiger partial charge in [-0.05, 0) is 22.0 Å². The van der Waals surface area contributed by atoms with Crippen molar-refractivity contribution in [3.63, 3.8) is 0 Å². The molecular formula is C12H11BrN4O. The molecule has 0 saturated heterocycles. The number of hydrogen-bond acceptors (Lipinski definition) is 3. The fourth-order valence-corrected chi connectivity index (χ4v) is 2.06. The molecule has 0 bridgehead atoms. The largest absolute Gasteiger partial charge is 0.333 e. The Kier molecular flexibility index (Phi) is 3.91. The highest BCUT2D eigenvalue weighted by Gasteiger charge is 2.10. The third kappa shape index (κ3) is 2.66. The van der Waals surface area contributed by atoms with Gasteiger partial charge in [0.1, 0.15) is 0 Å². The third-order valence-electron chi connectivity index (χ3n) is 2.32. The van der Waals surface area contributed by atoms with Gasteiger partial charge >= 0.3 is 6.03 Å². The molecule has 0 unspecified atom stereocenters. The second kappa shape index (κ2) is 5.61. The van der Waals surface area contributed by atoms with Crippen molar-refractivity contribution in [3.8, 4) is 11.3 Å². The molecule has 1 aromatic heterocycles. The van der Waals surface area contributed by atoms with Crippen LogP contribution in [0.15, 0.2) is 47.1 Å². The normalized spacial score (nSPS) is 9.89. The minimum Gasteiger partial charge on any atom is -0.306 e. The van der Waals surface area contributed by atoms with Crippen molar-refractivity contribution >= 4 is 27.6 Å². The number of urea groups is 1. The fraction of sp³-hybridized carbons (Fsp3) is 0. The Morgan fingerprint density at radius 1 is 1.22 bits per heavy atom. The first-order chi connectivity index (χ1) is 8.72. The maximum atomic E-state index is 11.2. The van der Waals surface area contributed by atoms with Crippen LogP contribution in [-0.2, 0) is 0 Å². The quantitative estimate of drug-likeness (QED) is 0.453. The van der Waals surface area contributed by atoms with Crippen LogP contribution in [0.25, 0.3) is 11.3 Å². The number of amides is 2. The lowest BCUT2D eigenvalue weighted by atomic mass is 10.1. The lowest BCUT2D eigenvalue weighted by Gasteiger charge is -2.10. The summed E-state index contributed by atoms with van der Waals surface area (Å²) in [6.45, 7) is 0. The van der Waals surface area contributed by atoms with Gasteiger partial charge in [-0.3, -0.25) is 10.4 Å². The number of nitrogens with two attached hydrogens (primary N) is 1. The molecule has 2 amide bonds. The van der Waals surface area contributed by atoms with Crippen LogP contribution in [0, 0.1) is 0 Å². The van der Waals surface area contributed by atoms with Gasteiger partial charge in [0.15, 0.2) is 0 Å². The number of carbonyl (C=O) groups is 1. The highest BCUT2D eigenvalue weighted by atomic mass is 79.9. The molecule has 92 valence electrons. The minimum atomic E-state index is -0.485. The number of nitrogens with one attached hydrogen (secondary N) is 2. The van der Waals surface area contributed by atoms with Crippen LogP contribution in [0.1, 0.15) is 0 Å². The predicted octanol–water partition coefficient (Wildman–Crippen LogP) is 2.51. The van der Waals surface area contributed by atoms with Crippen molar-refractivity contribution < 1.29 is 4.79 Å². The first-order valence-electron chi connectivity index (χ1n) is 5.20. The number of hydrogen-bond donors (Lipinski definition) is 3. The van der Waals surface area contributed by atoms with E-state index in [0.29, 0.717) is 10.2 Å². The summed E-state index contributed by atoms with van der Waals surface area (Å²) >= 11 is 3.43. The molecule has 0 aliphatic rings. The molecule has 0 radical (unpaired) electrons. The second-order valence-corrected chi connectivity index (χ2v) is 4.28. The van der Waals surface area contributed by atoms with E-state index in [-0.39, 0.29) is 0 Å². The first-order valence-corrected chi connectivity index (χ1v) is 5.99. The van der Waals surface area contributed by atoms with Crippen molar-refractivity contribution in [1.29, 1.82) is 0 Å². The molecule has 18 heavy (non-hydrogen) atoms. The van der Waals surface area contributed by atoms with Gasteiger partial charge in [0, 0.05) is 11.8 Å². The number of anilines is 1. The van der Waals surface area contributed by atoms with Gasteiger partial charge in [-0.2, -0.15) is 0 Å². The zero-order valence-electron chi connectivity index (χ0n) is 9.35. The summed E-state index contributed by atoms with van der Waals surface area (Å²) < 4.78 is 0.708. The molecule has 2 rings (SSSR count). The minimum absolute atomic E-state index is 0.485. The Morgan fingerprint density at radius 3 is 2.61 bits per heavy atom. The summed E-state index contributed by atoms with van der Waals surface area (Å²) in [6, 6.07) is 10.9. The summed E-state index contributed by atoms with van der Waals surface area (Å²) in [5, 5.41) is 2.61. The molecule has 6 heteroatoms. The van der Waals surface area contributed by atoms with Crippen LogP contribution in [0.2, 0.25) is 0 Å². The average Bonchev–Trinajstić information content (AvgIpc) is 2.42. The van der Waals surface area contributed by atoms with Crippen molar-refractivity contribution in [1.82, 2.24) is 10.4 Å². The Labute approximate surface area is 113 Å². The Hall–Kier alpha value is -1.92. The molecule has 4 N–H and O–H groups in total. The van der Waals surface area contributed by atoms with E-state index in [1.165, 1.54) is 0 Å². The number of hydrazine groups is 1. The Morgan fingerprint density at radius 2 is 1.94 bits per heavy atom. The molecule has 0 saturated carbocycles. The van der Waals surface area contributed by atoms with E-state index < -0.39 is 6.03 Å². The molecule has 1 heterocycles. The number of halogens is 1. The monoisotopic (exact) mass is 306 g/mol. The van der Waals surface area contributed by atoms with Crippen LogP contribution < -0.4 is 16.6 Å². The van der Waals surface area contributed by atoms with Crippen molar-refractivity contribution in [2.75, 3.05) is 5.32 Å². The lowest BCUT2D eigenvalue weighted by Crippen LogP contribution is -2.34. The van der Waals surface area contributed by atoms with Crippen molar-refractivity contribution in [2.45, 2.75) is 0 Å². The van der Waals surface area contributed by atoms with Gasteiger partial charge in [0.2, 0.25) is 0 Å². The van der Waals surface area contributed by atoms with E-state index in [1.807, 2.05) is 35.8 Å². The van der Waals surface area contributed by atoms with E-state index >= 15 is 0 Å². The van der Waals surface area contributed by atoms with Crippen molar-refractivity contribution in [2.24, 2.45) is 5.84 Å². The van der Waals surface area contributed by atoms with E-state index in [4.69, 9.17) is 5.84 Å². The summed E-state index contributed by atoms with van der Waals surface area (Å²) in [6.07, 6.45) is 1.62. The van der Waals surface area contributed by atoms with Gasteiger partial charge in [-0.15, -0.1) is 0 Å².